The first-order valence-corrected chi connectivity index (χ1v) is 15.5. The second-order valence-corrected chi connectivity index (χ2v) is 13.1. The Morgan fingerprint density at radius 1 is 1.02 bits per heavy atom. The van der Waals surface area contributed by atoms with Crippen molar-refractivity contribution < 1.29 is 22.7 Å². The van der Waals surface area contributed by atoms with E-state index in [1.165, 1.54) is 26.1 Å². The van der Waals surface area contributed by atoms with Crippen molar-refractivity contribution in [2.45, 2.75) is 44.6 Å². The number of rotatable bonds is 6. The molecule has 0 spiro atoms. The number of likely N-dealkylation sites (tertiary alicyclic amines) is 1. The van der Waals surface area contributed by atoms with Gasteiger partial charge >= 0.3 is 10.2 Å². The molecule has 1 saturated heterocycles. The lowest BCUT2D eigenvalue weighted by molar-refractivity contribution is -0.128. The fraction of sp³-hybridized carbons (Fsp3) is 0.387. The summed E-state index contributed by atoms with van der Waals surface area (Å²) in [4.78, 5) is 28.5. The molecule has 9 nitrogen and oxygen atoms in total. The molecule has 1 aliphatic carbocycles. The standard InChI is InChI=1S/C31H35N4O5S/c1-33(2)41(38,39)32-30(36)21-10-12-26-27(18-21)35-19-23(31(37)34-14-7-15-34)16-22-17-24(40-3)11-13-25(22)29(35)28(26)20-8-5-4-6-9-20/h7,10-13,16-18,20H,4-6,8-9,14-15,19H2,1-3H3,(H,32,36). The molecule has 10 heteroatoms. The number of ether oxygens (including phenoxy) is 1. The highest BCUT2D eigenvalue weighted by atomic mass is 32.2. The number of carbonyl (C=O) groups excluding carboxylic acids is 2. The molecule has 2 fully saturated rings. The summed E-state index contributed by atoms with van der Waals surface area (Å²) in [5, 5.41) is 1.03. The molecule has 2 aromatic carbocycles. The highest BCUT2D eigenvalue weighted by molar-refractivity contribution is 7.87. The summed E-state index contributed by atoms with van der Waals surface area (Å²) in [6.45, 7) is 1.59. The first-order chi connectivity index (χ1) is 19.7. The zero-order chi connectivity index (χ0) is 28.9. The van der Waals surface area contributed by atoms with Crippen molar-refractivity contribution in [2.75, 3.05) is 34.3 Å². The summed E-state index contributed by atoms with van der Waals surface area (Å²) in [6, 6.07) is 11.4. The normalized spacial score (nSPS) is 17.4. The van der Waals surface area contributed by atoms with Gasteiger partial charge in [0.25, 0.3) is 11.8 Å². The monoisotopic (exact) mass is 575 g/mol. The lowest BCUT2D eigenvalue weighted by Gasteiger charge is -2.31. The first-order valence-electron chi connectivity index (χ1n) is 14.1. The van der Waals surface area contributed by atoms with E-state index < -0.39 is 16.1 Å². The molecular formula is C31H35N4O5S. The van der Waals surface area contributed by atoms with E-state index in [2.05, 4.69) is 21.8 Å². The van der Waals surface area contributed by atoms with Crippen molar-refractivity contribution in [2.24, 2.45) is 0 Å². The summed E-state index contributed by atoms with van der Waals surface area (Å²) in [7, 11) is 0.424. The number of hydrogen-bond acceptors (Lipinski definition) is 5. The molecule has 1 radical (unpaired) electrons. The van der Waals surface area contributed by atoms with E-state index >= 15 is 0 Å². The predicted molar refractivity (Wildman–Crippen MR) is 159 cm³/mol. The Labute approximate surface area is 240 Å². The molecule has 2 amide bonds. The number of nitrogens with zero attached hydrogens (tertiary/aromatic N) is 3. The molecule has 2 aliphatic heterocycles. The van der Waals surface area contributed by atoms with Crippen LogP contribution >= 0.6 is 0 Å². The van der Waals surface area contributed by atoms with Gasteiger partial charge in [0.15, 0.2) is 0 Å². The minimum Gasteiger partial charge on any atom is -0.497 e. The molecule has 0 bridgehead atoms. The fourth-order valence-corrected chi connectivity index (χ4v) is 6.74. The number of methoxy groups -OCH3 is 1. The Morgan fingerprint density at radius 2 is 1.78 bits per heavy atom. The predicted octanol–water partition coefficient (Wildman–Crippen LogP) is 4.34. The summed E-state index contributed by atoms with van der Waals surface area (Å²) in [5.41, 5.74) is 5.94. The Bertz CT molecular complexity index is 1680. The average molecular weight is 576 g/mol. The van der Waals surface area contributed by atoms with E-state index in [1.54, 1.807) is 19.2 Å². The molecule has 3 aliphatic rings. The highest BCUT2D eigenvalue weighted by Gasteiger charge is 2.32. The summed E-state index contributed by atoms with van der Waals surface area (Å²) < 4.78 is 35.6. The largest absolute Gasteiger partial charge is 0.497 e. The van der Waals surface area contributed by atoms with E-state index in [1.807, 2.05) is 29.2 Å². The maximum absolute atomic E-state index is 13.6. The molecule has 1 aromatic heterocycles. The fourth-order valence-electron chi connectivity index (χ4n) is 6.21. The third-order valence-corrected chi connectivity index (χ3v) is 9.92. The van der Waals surface area contributed by atoms with Crippen molar-refractivity contribution in [3.63, 3.8) is 0 Å². The minimum atomic E-state index is -3.95. The van der Waals surface area contributed by atoms with Gasteiger partial charge in [-0.25, -0.2) is 4.72 Å². The van der Waals surface area contributed by atoms with Crippen molar-refractivity contribution >= 4 is 39.0 Å². The quantitative estimate of drug-likeness (QED) is 0.471. The number of benzene rings is 2. The lowest BCUT2D eigenvalue weighted by Crippen LogP contribution is -2.43. The third-order valence-electron chi connectivity index (χ3n) is 8.51. The summed E-state index contributed by atoms with van der Waals surface area (Å²) >= 11 is 0. The van der Waals surface area contributed by atoms with Crippen LogP contribution in [-0.2, 0) is 21.5 Å². The van der Waals surface area contributed by atoms with Crippen molar-refractivity contribution in [1.82, 2.24) is 18.5 Å². The Hall–Kier alpha value is -3.63. The van der Waals surface area contributed by atoms with Gasteiger partial charge in [0, 0.05) is 61.2 Å². The van der Waals surface area contributed by atoms with Crippen LogP contribution in [0.5, 0.6) is 5.75 Å². The Kier molecular flexibility index (Phi) is 7.15. The van der Waals surface area contributed by atoms with Crippen molar-refractivity contribution in [3.8, 4) is 17.0 Å². The van der Waals surface area contributed by atoms with Crippen molar-refractivity contribution in [1.29, 1.82) is 0 Å². The van der Waals surface area contributed by atoms with Gasteiger partial charge in [-0.05, 0) is 66.3 Å². The van der Waals surface area contributed by atoms with E-state index in [0.717, 1.165) is 57.7 Å². The van der Waals surface area contributed by atoms with Crippen LogP contribution in [0.1, 0.15) is 59.5 Å². The van der Waals surface area contributed by atoms with Crippen LogP contribution in [0.3, 0.4) is 0 Å². The SMILES string of the molecule is COc1ccc2c(c1)C=C(C(=O)N1C[CH]C1)Cn1c-2c(C2CCCCC2)c2ccc(C(=O)NS(=O)(=O)N(C)C)cc21. The number of carbonyl (C=O) groups is 2. The van der Waals surface area contributed by atoms with Crippen LogP contribution in [-0.4, -0.2) is 68.3 Å². The summed E-state index contributed by atoms with van der Waals surface area (Å²) in [5.74, 6) is 0.348. The van der Waals surface area contributed by atoms with E-state index in [-0.39, 0.29) is 11.5 Å². The molecule has 215 valence electrons. The average Bonchev–Trinajstić information content (AvgIpc) is 3.14. The Morgan fingerprint density at radius 3 is 2.44 bits per heavy atom. The van der Waals surface area contributed by atoms with Crippen LogP contribution in [0.2, 0.25) is 0 Å². The number of aromatic nitrogens is 1. The van der Waals surface area contributed by atoms with Crippen LogP contribution in [0.4, 0.5) is 0 Å². The van der Waals surface area contributed by atoms with Gasteiger partial charge in [-0.3, -0.25) is 9.59 Å². The van der Waals surface area contributed by atoms with E-state index in [0.29, 0.717) is 36.9 Å². The molecule has 6 rings (SSSR count). The maximum atomic E-state index is 13.6. The zero-order valence-corrected chi connectivity index (χ0v) is 24.5. The first kappa shape index (κ1) is 27.5. The van der Waals surface area contributed by atoms with Gasteiger partial charge in [0.05, 0.1) is 19.3 Å². The highest BCUT2D eigenvalue weighted by Crippen LogP contribution is 2.47. The molecule has 1 N–H and O–H groups in total. The van der Waals surface area contributed by atoms with Crippen LogP contribution < -0.4 is 9.46 Å². The molecule has 41 heavy (non-hydrogen) atoms. The molecule has 1 saturated carbocycles. The molecule has 3 aromatic rings. The van der Waals surface area contributed by atoms with E-state index in [9.17, 15) is 18.0 Å². The smallest absolute Gasteiger partial charge is 0.303 e. The maximum Gasteiger partial charge on any atom is 0.303 e. The van der Waals surface area contributed by atoms with Crippen LogP contribution in [0.25, 0.3) is 28.2 Å². The number of nitrogens with one attached hydrogen (secondary N) is 1. The Balaban J connectivity index is 1.58. The number of fused-ring (bicyclic) bond motifs is 5. The zero-order valence-electron chi connectivity index (χ0n) is 23.6. The van der Waals surface area contributed by atoms with Gasteiger partial charge in [0.1, 0.15) is 5.75 Å². The van der Waals surface area contributed by atoms with Gasteiger partial charge in [-0.2, -0.15) is 12.7 Å². The number of hydrogen-bond donors (Lipinski definition) is 1. The third kappa shape index (κ3) is 4.93. The lowest BCUT2D eigenvalue weighted by atomic mass is 9.81. The van der Waals surface area contributed by atoms with Gasteiger partial charge < -0.3 is 14.2 Å². The molecular weight excluding hydrogens is 540 g/mol. The van der Waals surface area contributed by atoms with Gasteiger partial charge in [-0.15, -0.1) is 0 Å². The van der Waals surface area contributed by atoms with Crippen LogP contribution in [0.15, 0.2) is 42.0 Å². The molecule has 0 atom stereocenters. The molecule has 0 unspecified atom stereocenters. The van der Waals surface area contributed by atoms with E-state index in [4.69, 9.17) is 4.74 Å². The van der Waals surface area contributed by atoms with Gasteiger partial charge in [0.2, 0.25) is 0 Å². The van der Waals surface area contributed by atoms with Crippen molar-refractivity contribution in [3.05, 3.63) is 65.1 Å². The summed E-state index contributed by atoms with van der Waals surface area (Å²) in [6.07, 6.45) is 9.72. The minimum absolute atomic E-state index is 0.0128. The topological polar surface area (TPSA) is 101 Å². The second-order valence-electron chi connectivity index (χ2n) is 11.3. The number of amides is 2. The van der Waals surface area contributed by atoms with Crippen LogP contribution in [0, 0.1) is 6.42 Å². The second kappa shape index (κ2) is 10.6. The van der Waals surface area contributed by atoms with Gasteiger partial charge in [-0.1, -0.05) is 25.3 Å². The molecule has 3 heterocycles.